The molecule has 1 aromatic carbocycles. The lowest BCUT2D eigenvalue weighted by Crippen LogP contribution is -2.42. The zero-order valence-corrected chi connectivity index (χ0v) is 20.9. The first-order valence-corrected chi connectivity index (χ1v) is 11.7. The third-order valence-electron chi connectivity index (χ3n) is 5.85. The summed E-state index contributed by atoms with van der Waals surface area (Å²) in [4.78, 5) is 30.1. The van der Waals surface area contributed by atoms with Gasteiger partial charge >= 0.3 is 12.3 Å². The number of amides is 2. The Labute approximate surface area is 211 Å². The summed E-state index contributed by atoms with van der Waals surface area (Å²) < 4.78 is 51.6. The van der Waals surface area contributed by atoms with Crippen molar-refractivity contribution in [1.82, 2.24) is 19.7 Å². The van der Waals surface area contributed by atoms with Crippen LogP contribution in [0.4, 0.5) is 23.7 Å². The van der Waals surface area contributed by atoms with E-state index in [1.807, 2.05) is 31.6 Å². The van der Waals surface area contributed by atoms with Crippen LogP contribution in [-0.2, 0) is 10.9 Å². The molecule has 2 aromatic heterocycles. The van der Waals surface area contributed by atoms with Crippen LogP contribution in [0.15, 0.2) is 36.5 Å². The van der Waals surface area contributed by atoms with Gasteiger partial charge in [-0.05, 0) is 51.8 Å². The highest BCUT2D eigenvalue weighted by molar-refractivity contribution is 6.05. The number of likely N-dealkylation sites (tertiary alicyclic amines) is 1. The van der Waals surface area contributed by atoms with Gasteiger partial charge in [-0.25, -0.2) is 9.78 Å². The molecule has 1 fully saturated rings. The molecule has 9 nitrogen and oxygen atoms in total. The first kappa shape index (κ1) is 26.2. The number of halogens is 3. The van der Waals surface area contributed by atoms with Gasteiger partial charge in [-0.2, -0.15) is 18.3 Å². The van der Waals surface area contributed by atoms with Crippen molar-refractivity contribution in [1.29, 1.82) is 0 Å². The van der Waals surface area contributed by atoms with Gasteiger partial charge in [-0.1, -0.05) is 6.07 Å². The number of hydrogen-bond donors (Lipinski definition) is 1. The van der Waals surface area contributed by atoms with Crippen LogP contribution >= 0.6 is 0 Å². The van der Waals surface area contributed by atoms with Crippen LogP contribution in [0.2, 0.25) is 0 Å². The maximum absolute atomic E-state index is 13.0. The Balaban J connectivity index is 1.50. The molecule has 0 bridgehead atoms. The lowest BCUT2D eigenvalue weighted by Gasteiger charge is -2.33. The molecule has 3 aromatic rings. The summed E-state index contributed by atoms with van der Waals surface area (Å²) in [6, 6.07) is 6.50. The molecule has 1 saturated heterocycles. The number of carbonyl (C=O) groups excluding carboxylic acids is 2. The second-order valence-corrected chi connectivity index (χ2v) is 9.78. The van der Waals surface area contributed by atoms with E-state index in [9.17, 15) is 22.8 Å². The van der Waals surface area contributed by atoms with Crippen molar-refractivity contribution in [3.63, 3.8) is 0 Å². The van der Waals surface area contributed by atoms with Crippen molar-refractivity contribution in [2.45, 2.75) is 51.4 Å². The predicted molar refractivity (Wildman–Crippen MR) is 130 cm³/mol. The molecule has 1 N–H and O–H groups in total. The number of hydrogen-bond acceptors (Lipinski definition) is 6. The van der Waals surface area contributed by atoms with Crippen LogP contribution in [0.3, 0.4) is 0 Å². The Kier molecular flexibility index (Phi) is 7.03. The minimum atomic E-state index is -4.66. The minimum Gasteiger partial charge on any atom is -0.494 e. The molecule has 0 saturated carbocycles. The molecule has 12 heteroatoms. The molecule has 4 rings (SSSR count). The lowest BCUT2D eigenvalue weighted by molar-refractivity contribution is -0.141. The number of nitrogens with one attached hydrogen (secondary N) is 1. The average molecular weight is 520 g/mol. The summed E-state index contributed by atoms with van der Waals surface area (Å²) in [6.07, 6.45) is -1.78. The fraction of sp³-hybridized carbons (Fsp3) is 0.440. The molecular weight excluding hydrogens is 491 g/mol. The molecule has 1 aliphatic heterocycles. The number of ether oxygens (including phenoxy) is 2. The number of carbonyl (C=O) groups is 2. The Hall–Kier alpha value is -3.83. The van der Waals surface area contributed by atoms with Crippen LogP contribution in [0.5, 0.6) is 5.75 Å². The van der Waals surface area contributed by atoms with E-state index >= 15 is 0 Å². The zero-order chi connectivity index (χ0) is 27.0. The molecule has 37 heavy (non-hydrogen) atoms. The number of methoxy groups -OCH3 is 1. The molecule has 0 unspecified atom stereocenters. The smallest absolute Gasteiger partial charge is 0.433 e. The van der Waals surface area contributed by atoms with E-state index in [4.69, 9.17) is 9.47 Å². The van der Waals surface area contributed by atoms with Crippen molar-refractivity contribution in [3.05, 3.63) is 47.9 Å². The summed E-state index contributed by atoms with van der Waals surface area (Å²) in [6.45, 7) is 6.55. The Morgan fingerprint density at radius 3 is 2.43 bits per heavy atom. The molecule has 0 aliphatic carbocycles. The third-order valence-corrected chi connectivity index (χ3v) is 5.85. The van der Waals surface area contributed by atoms with Crippen molar-refractivity contribution in [3.8, 4) is 5.75 Å². The topological polar surface area (TPSA) is 98.6 Å². The summed E-state index contributed by atoms with van der Waals surface area (Å²) in [7, 11) is 1.42. The number of anilines is 1. The fourth-order valence-corrected chi connectivity index (χ4v) is 4.07. The van der Waals surface area contributed by atoms with Crippen molar-refractivity contribution in [2.75, 3.05) is 25.5 Å². The quantitative estimate of drug-likeness (QED) is 0.504. The van der Waals surface area contributed by atoms with Crippen LogP contribution in [0.1, 0.15) is 55.8 Å². The molecule has 0 radical (unpaired) electrons. The highest BCUT2D eigenvalue weighted by atomic mass is 19.4. The van der Waals surface area contributed by atoms with Crippen molar-refractivity contribution >= 4 is 28.6 Å². The average Bonchev–Trinajstić information content (AvgIpc) is 3.25. The number of aromatic nitrogens is 3. The van der Waals surface area contributed by atoms with Gasteiger partial charge in [0.15, 0.2) is 0 Å². The van der Waals surface area contributed by atoms with E-state index in [1.165, 1.54) is 13.2 Å². The molecule has 1 aliphatic rings. The molecule has 2 amide bonds. The van der Waals surface area contributed by atoms with Crippen molar-refractivity contribution in [2.24, 2.45) is 0 Å². The standard InChI is InChI=1S/C25H28F3N5O4/c1-24(2,3)37-23(35)32-10-8-16(9-11-32)33-14-15-12-19(20(36-4)13-18(15)31-33)30-22(34)17-6-5-7-21(29-17)25(26,27)28/h5-7,12-14,16H,8-11H2,1-4H3,(H,30,34). The molecule has 0 spiro atoms. The first-order chi connectivity index (χ1) is 17.3. The number of alkyl halides is 3. The Morgan fingerprint density at radius 2 is 1.81 bits per heavy atom. The summed E-state index contributed by atoms with van der Waals surface area (Å²) in [5.41, 5.74) is -1.18. The second-order valence-electron chi connectivity index (χ2n) is 9.78. The number of benzene rings is 1. The van der Waals surface area contributed by atoms with E-state index in [1.54, 1.807) is 17.0 Å². The van der Waals surface area contributed by atoms with Gasteiger partial charge in [0, 0.05) is 30.7 Å². The van der Waals surface area contributed by atoms with Crippen LogP contribution in [0, 0.1) is 0 Å². The van der Waals surface area contributed by atoms with E-state index in [0.717, 1.165) is 12.1 Å². The Morgan fingerprint density at radius 1 is 1.11 bits per heavy atom. The summed E-state index contributed by atoms with van der Waals surface area (Å²) >= 11 is 0. The minimum absolute atomic E-state index is 0.0597. The fourth-order valence-electron chi connectivity index (χ4n) is 4.07. The predicted octanol–water partition coefficient (Wildman–Crippen LogP) is 5.28. The van der Waals surface area contributed by atoms with Crippen LogP contribution in [-0.4, -0.2) is 57.5 Å². The van der Waals surface area contributed by atoms with Gasteiger partial charge in [0.05, 0.1) is 24.4 Å². The largest absolute Gasteiger partial charge is 0.494 e. The molecule has 198 valence electrons. The monoisotopic (exact) mass is 519 g/mol. The van der Waals surface area contributed by atoms with E-state index < -0.39 is 23.4 Å². The van der Waals surface area contributed by atoms with Gasteiger partial charge < -0.3 is 19.7 Å². The van der Waals surface area contributed by atoms with Crippen LogP contribution < -0.4 is 10.1 Å². The van der Waals surface area contributed by atoms with E-state index in [-0.39, 0.29) is 23.5 Å². The second kappa shape index (κ2) is 9.91. The number of rotatable bonds is 4. The molecular formula is C25H28F3N5O4. The van der Waals surface area contributed by atoms with Gasteiger partial charge in [0.25, 0.3) is 5.91 Å². The molecule has 3 heterocycles. The normalized spacial score (nSPS) is 15.1. The first-order valence-electron chi connectivity index (χ1n) is 11.7. The summed E-state index contributed by atoms with van der Waals surface area (Å²) in [5.74, 6) is -0.497. The van der Waals surface area contributed by atoms with Crippen LogP contribution in [0.25, 0.3) is 10.9 Å². The summed E-state index contributed by atoms with van der Waals surface area (Å²) in [5, 5.41) is 7.94. The highest BCUT2D eigenvalue weighted by Crippen LogP contribution is 2.33. The number of piperidine rings is 1. The maximum Gasteiger partial charge on any atom is 0.433 e. The lowest BCUT2D eigenvalue weighted by atomic mass is 10.1. The SMILES string of the molecule is COc1cc2nn(C3CCN(C(=O)OC(C)(C)C)CC3)cc2cc1NC(=O)c1cccc(C(F)(F)F)n1. The zero-order valence-electron chi connectivity index (χ0n) is 20.9. The van der Waals surface area contributed by atoms with E-state index in [2.05, 4.69) is 15.4 Å². The van der Waals surface area contributed by atoms with Gasteiger partial charge in [-0.3, -0.25) is 9.48 Å². The van der Waals surface area contributed by atoms with E-state index in [0.29, 0.717) is 42.6 Å². The molecule has 0 atom stereocenters. The highest BCUT2D eigenvalue weighted by Gasteiger charge is 2.33. The number of nitrogens with zero attached hydrogens (tertiary/aromatic N) is 4. The van der Waals surface area contributed by atoms with Gasteiger partial charge in [0.2, 0.25) is 0 Å². The van der Waals surface area contributed by atoms with Gasteiger partial charge in [0.1, 0.15) is 22.7 Å². The maximum atomic E-state index is 13.0. The van der Waals surface area contributed by atoms with Crippen molar-refractivity contribution < 1.29 is 32.2 Å². The Bertz CT molecular complexity index is 1310. The third kappa shape index (κ3) is 6.12. The number of pyridine rings is 1. The van der Waals surface area contributed by atoms with Gasteiger partial charge in [-0.15, -0.1) is 0 Å². The number of fused-ring (bicyclic) bond motifs is 1.